The van der Waals surface area contributed by atoms with Crippen LogP contribution in [0.15, 0.2) is 53.4 Å². The van der Waals surface area contributed by atoms with Crippen LogP contribution < -0.4 is 10.0 Å². The molecule has 1 aliphatic rings. The number of rotatable bonds is 6. The van der Waals surface area contributed by atoms with Gasteiger partial charge in [0.2, 0.25) is 15.9 Å². The van der Waals surface area contributed by atoms with E-state index in [9.17, 15) is 26.4 Å². The third-order valence-electron chi connectivity index (χ3n) is 5.02. The zero-order valence-electron chi connectivity index (χ0n) is 16.4. The van der Waals surface area contributed by atoms with E-state index in [0.29, 0.717) is 6.07 Å². The van der Waals surface area contributed by atoms with E-state index in [1.807, 2.05) is 24.3 Å². The molecule has 2 atom stereocenters. The van der Waals surface area contributed by atoms with Gasteiger partial charge in [0, 0.05) is 12.5 Å². The van der Waals surface area contributed by atoms with Crippen LogP contribution in [0.4, 0.5) is 13.2 Å². The summed E-state index contributed by atoms with van der Waals surface area (Å²) in [4.78, 5) is 12.0. The SMILES string of the molecule is CC(CC(=O)NC1CCCc2ccccc21)NS(=O)(=O)c1cccc(C(F)(F)F)c1. The lowest BCUT2D eigenvalue weighted by molar-refractivity contribution is -0.137. The number of fused-ring (bicyclic) bond motifs is 1. The fourth-order valence-electron chi connectivity index (χ4n) is 3.65. The Balaban J connectivity index is 1.63. The summed E-state index contributed by atoms with van der Waals surface area (Å²) in [6, 6.07) is 10.4. The quantitative estimate of drug-likeness (QED) is 0.714. The normalized spacial score (nSPS) is 17.8. The molecule has 0 aromatic heterocycles. The zero-order chi connectivity index (χ0) is 21.9. The van der Waals surface area contributed by atoms with Crippen molar-refractivity contribution in [2.45, 2.75) is 55.8 Å². The highest BCUT2D eigenvalue weighted by Gasteiger charge is 2.32. The molecular formula is C21H23F3N2O3S. The number of halogens is 3. The summed E-state index contributed by atoms with van der Waals surface area (Å²) in [6.45, 7) is 1.50. The highest BCUT2D eigenvalue weighted by Crippen LogP contribution is 2.31. The number of alkyl halides is 3. The predicted molar refractivity (Wildman–Crippen MR) is 106 cm³/mol. The first kappa shape index (κ1) is 22.3. The van der Waals surface area contributed by atoms with Gasteiger partial charge in [-0.15, -0.1) is 0 Å². The molecule has 0 fully saturated rings. The van der Waals surface area contributed by atoms with Gasteiger partial charge in [-0.3, -0.25) is 4.79 Å². The molecular weight excluding hydrogens is 417 g/mol. The molecule has 9 heteroatoms. The summed E-state index contributed by atoms with van der Waals surface area (Å²) in [5.41, 5.74) is 1.20. The molecule has 5 nitrogen and oxygen atoms in total. The number of aryl methyl sites for hydroxylation is 1. The van der Waals surface area contributed by atoms with E-state index in [4.69, 9.17) is 0 Å². The highest BCUT2D eigenvalue weighted by molar-refractivity contribution is 7.89. The lowest BCUT2D eigenvalue weighted by Crippen LogP contribution is -2.39. The topological polar surface area (TPSA) is 75.3 Å². The maximum Gasteiger partial charge on any atom is 0.416 e. The lowest BCUT2D eigenvalue weighted by atomic mass is 9.87. The van der Waals surface area contributed by atoms with Crippen LogP contribution in [0.2, 0.25) is 0 Å². The third kappa shape index (κ3) is 5.40. The van der Waals surface area contributed by atoms with E-state index < -0.39 is 32.7 Å². The van der Waals surface area contributed by atoms with Gasteiger partial charge in [-0.05, 0) is 55.5 Å². The minimum absolute atomic E-state index is 0.128. The van der Waals surface area contributed by atoms with Crippen LogP contribution in [0, 0.1) is 0 Å². The Morgan fingerprint density at radius 2 is 1.90 bits per heavy atom. The van der Waals surface area contributed by atoms with Crippen LogP contribution in [0.25, 0.3) is 0 Å². The average molecular weight is 440 g/mol. The molecule has 0 aliphatic heterocycles. The predicted octanol–water partition coefficient (Wildman–Crippen LogP) is 3.96. The molecule has 0 bridgehead atoms. The molecule has 2 aromatic carbocycles. The van der Waals surface area contributed by atoms with Crippen molar-refractivity contribution in [2.24, 2.45) is 0 Å². The van der Waals surface area contributed by atoms with Gasteiger partial charge in [0.15, 0.2) is 0 Å². The second-order valence-corrected chi connectivity index (χ2v) is 9.18. The van der Waals surface area contributed by atoms with Crippen LogP contribution in [0.3, 0.4) is 0 Å². The Labute approximate surface area is 173 Å². The van der Waals surface area contributed by atoms with Gasteiger partial charge in [-0.25, -0.2) is 13.1 Å². The molecule has 0 heterocycles. The van der Waals surface area contributed by atoms with Gasteiger partial charge in [-0.2, -0.15) is 13.2 Å². The standard InChI is InChI=1S/C21H23F3N2O3S/c1-14(26-30(28,29)17-9-5-8-16(13-17)21(22,23)24)12-20(27)25-19-11-4-7-15-6-2-3-10-18(15)19/h2-3,5-6,8-10,13-14,19,26H,4,7,11-12H2,1H3,(H,25,27). The molecule has 2 unspecified atom stereocenters. The van der Waals surface area contributed by atoms with E-state index in [1.54, 1.807) is 0 Å². The Morgan fingerprint density at radius 3 is 2.63 bits per heavy atom. The molecule has 0 saturated heterocycles. The molecule has 3 rings (SSSR count). The van der Waals surface area contributed by atoms with E-state index in [1.165, 1.54) is 12.5 Å². The van der Waals surface area contributed by atoms with Gasteiger partial charge in [0.05, 0.1) is 16.5 Å². The van der Waals surface area contributed by atoms with Gasteiger partial charge >= 0.3 is 6.18 Å². The summed E-state index contributed by atoms with van der Waals surface area (Å²) in [5.74, 6) is -0.323. The van der Waals surface area contributed by atoms with E-state index in [0.717, 1.165) is 43.0 Å². The van der Waals surface area contributed by atoms with Gasteiger partial charge in [0.25, 0.3) is 0 Å². The molecule has 0 saturated carbocycles. The largest absolute Gasteiger partial charge is 0.416 e. The number of nitrogens with one attached hydrogen (secondary N) is 2. The van der Waals surface area contributed by atoms with Crippen molar-refractivity contribution in [1.29, 1.82) is 0 Å². The summed E-state index contributed by atoms with van der Waals surface area (Å²) >= 11 is 0. The van der Waals surface area contributed by atoms with E-state index in [2.05, 4.69) is 10.0 Å². The first-order valence-electron chi connectivity index (χ1n) is 9.63. The molecule has 162 valence electrons. The summed E-state index contributed by atoms with van der Waals surface area (Å²) in [7, 11) is -4.20. The van der Waals surface area contributed by atoms with Crippen molar-refractivity contribution in [3.8, 4) is 0 Å². The number of hydrogen-bond acceptors (Lipinski definition) is 3. The molecule has 1 aliphatic carbocycles. The smallest absolute Gasteiger partial charge is 0.349 e. The molecule has 2 aromatic rings. The molecule has 0 spiro atoms. The minimum atomic E-state index is -4.65. The monoisotopic (exact) mass is 440 g/mol. The Morgan fingerprint density at radius 1 is 1.17 bits per heavy atom. The van der Waals surface area contributed by atoms with Crippen molar-refractivity contribution in [3.63, 3.8) is 0 Å². The minimum Gasteiger partial charge on any atom is -0.349 e. The van der Waals surface area contributed by atoms with E-state index in [-0.39, 0.29) is 18.4 Å². The van der Waals surface area contributed by atoms with Crippen molar-refractivity contribution in [2.75, 3.05) is 0 Å². The molecule has 30 heavy (non-hydrogen) atoms. The Kier molecular flexibility index (Phi) is 6.52. The molecule has 1 amide bonds. The van der Waals surface area contributed by atoms with Crippen LogP contribution in [0.5, 0.6) is 0 Å². The summed E-state index contributed by atoms with van der Waals surface area (Å²) < 4.78 is 65.7. The van der Waals surface area contributed by atoms with Crippen molar-refractivity contribution in [3.05, 3.63) is 65.2 Å². The maximum absolute atomic E-state index is 12.9. The first-order chi connectivity index (χ1) is 14.1. The van der Waals surface area contributed by atoms with Gasteiger partial charge in [-0.1, -0.05) is 30.3 Å². The van der Waals surface area contributed by atoms with E-state index >= 15 is 0 Å². The maximum atomic E-state index is 12.9. The molecule has 0 radical (unpaired) electrons. The third-order valence-corrected chi connectivity index (χ3v) is 6.61. The van der Waals surface area contributed by atoms with Crippen molar-refractivity contribution in [1.82, 2.24) is 10.0 Å². The Bertz CT molecular complexity index is 1020. The number of sulfonamides is 1. The fourth-order valence-corrected chi connectivity index (χ4v) is 4.94. The summed E-state index contributed by atoms with van der Waals surface area (Å²) in [5, 5.41) is 2.94. The second-order valence-electron chi connectivity index (χ2n) is 7.46. The number of carbonyl (C=O) groups is 1. The lowest BCUT2D eigenvalue weighted by Gasteiger charge is -2.27. The first-order valence-corrected chi connectivity index (χ1v) is 11.1. The second kappa shape index (κ2) is 8.77. The number of benzene rings is 2. The highest BCUT2D eigenvalue weighted by atomic mass is 32.2. The van der Waals surface area contributed by atoms with Crippen LogP contribution in [-0.4, -0.2) is 20.4 Å². The number of amides is 1. The van der Waals surface area contributed by atoms with Gasteiger partial charge < -0.3 is 5.32 Å². The summed E-state index contributed by atoms with van der Waals surface area (Å²) in [6.07, 6.45) is -2.08. The Hall–Kier alpha value is -2.39. The number of carbonyl (C=O) groups excluding carboxylic acids is 1. The van der Waals surface area contributed by atoms with Gasteiger partial charge in [0.1, 0.15) is 0 Å². The molecule has 2 N–H and O–H groups in total. The zero-order valence-corrected chi connectivity index (χ0v) is 17.2. The van der Waals surface area contributed by atoms with Crippen molar-refractivity contribution < 1.29 is 26.4 Å². The number of hydrogen-bond donors (Lipinski definition) is 2. The van der Waals surface area contributed by atoms with Crippen LogP contribution >= 0.6 is 0 Å². The average Bonchev–Trinajstić information content (AvgIpc) is 2.67. The fraction of sp³-hybridized carbons (Fsp3) is 0.381. The van der Waals surface area contributed by atoms with Crippen molar-refractivity contribution >= 4 is 15.9 Å². The van der Waals surface area contributed by atoms with Crippen LogP contribution in [0.1, 0.15) is 48.9 Å². The van der Waals surface area contributed by atoms with Crippen LogP contribution in [-0.2, 0) is 27.4 Å².